The van der Waals surface area contributed by atoms with Crippen molar-refractivity contribution >= 4 is 29.3 Å². The normalized spacial score (nSPS) is 9.94. The lowest BCUT2D eigenvalue weighted by molar-refractivity contribution is 0.102. The summed E-state index contributed by atoms with van der Waals surface area (Å²) in [6.45, 7) is 0. The second kappa shape index (κ2) is 4.71. The predicted octanol–water partition coefficient (Wildman–Crippen LogP) is 0.754. The van der Waals surface area contributed by atoms with Gasteiger partial charge in [-0.25, -0.2) is 9.97 Å². The van der Waals surface area contributed by atoms with Crippen LogP contribution in [-0.2, 0) is 0 Å². The molecule has 0 fully saturated rings. The Morgan fingerprint density at radius 1 is 1.35 bits per heavy atom. The molecule has 17 heavy (non-hydrogen) atoms. The first-order valence-electron chi connectivity index (χ1n) is 4.53. The Bertz CT molecular complexity index is 526. The molecule has 0 radical (unpaired) electrons. The molecule has 0 aromatic carbocycles. The molecule has 0 saturated carbocycles. The van der Waals surface area contributed by atoms with Crippen LogP contribution in [0.25, 0.3) is 0 Å². The highest BCUT2D eigenvalue weighted by molar-refractivity contribution is 6.30. The van der Waals surface area contributed by atoms with Gasteiger partial charge in [0.05, 0.1) is 12.4 Å². The minimum Gasteiger partial charge on any atom is -0.384 e. The van der Waals surface area contributed by atoms with Crippen LogP contribution in [0, 0.1) is 0 Å². The van der Waals surface area contributed by atoms with E-state index in [1.54, 1.807) is 0 Å². The molecule has 0 aliphatic carbocycles. The van der Waals surface area contributed by atoms with Gasteiger partial charge in [0.15, 0.2) is 0 Å². The number of halogens is 1. The zero-order valence-electron chi connectivity index (χ0n) is 8.46. The molecule has 3 N–H and O–H groups in total. The summed E-state index contributed by atoms with van der Waals surface area (Å²) >= 11 is 5.68. The van der Waals surface area contributed by atoms with Gasteiger partial charge >= 0.3 is 0 Å². The van der Waals surface area contributed by atoms with Gasteiger partial charge in [-0.05, 0) is 12.1 Å². The summed E-state index contributed by atoms with van der Waals surface area (Å²) < 4.78 is 0. The smallest absolute Gasteiger partial charge is 0.258 e. The van der Waals surface area contributed by atoms with Crippen molar-refractivity contribution in [3.63, 3.8) is 0 Å². The second-order valence-electron chi connectivity index (χ2n) is 3.02. The van der Waals surface area contributed by atoms with Crippen LogP contribution < -0.4 is 11.1 Å². The highest BCUT2D eigenvalue weighted by Gasteiger charge is 2.09. The lowest BCUT2D eigenvalue weighted by Gasteiger charge is -2.03. The van der Waals surface area contributed by atoms with Gasteiger partial charge < -0.3 is 5.73 Å². The van der Waals surface area contributed by atoms with Crippen LogP contribution in [0.2, 0.25) is 5.15 Å². The molecule has 0 aliphatic rings. The third kappa shape index (κ3) is 2.85. The Labute approximate surface area is 101 Å². The van der Waals surface area contributed by atoms with Crippen molar-refractivity contribution in [1.82, 2.24) is 20.2 Å². The van der Waals surface area contributed by atoms with Crippen molar-refractivity contribution in [2.75, 3.05) is 11.1 Å². The van der Waals surface area contributed by atoms with Crippen LogP contribution in [0.15, 0.2) is 24.5 Å². The number of rotatable bonds is 2. The van der Waals surface area contributed by atoms with E-state index in [0.29, 0.717) is 0 Å². The number of aromatic nitrogens is 4. The second-order valence-corrected chi connectivity index (χ2v) is 3.41. The standard InChI is InChI=1S/C9H7ClN6O/c10-6-3-5(4-7(11)14-6)8(17)15-9-12-1-2-13-16-9/h1-4H,(H2,11,14)(H,12,15,16,17). The topological polar surface area (TPSA) is 107 Å². The van der Waals surface area contributed by atoms with Gasteiger partial charge in [0.2, 0.25) is 5.95 Å². The molecule has 2 heterocycles. The van der Waals surface area contributed by atoms with Gasteiger partial charge in [0, 0.05) is 5.56 Å². The number of carbonyl (C=O) groups is 1. The number of nitrogens with two attached hydrogens (primary N) is 1. The third-order valence-electron chi connectivity index (χ3n) is 1.78. The van der Waals surface area contributed by atoms with Gasteiger partial charge in [0.1, 0.15) is 11.0 Å². The van der Waals surface area contributed by atoms with Gasteiger partial charge in [-0.2, -0.15) is 5.10 Å². The van der Waals surface area contributed by atoms with Gasteiger partial charge in [0.25, 0.3) is 5.91 Å². The molecule has 2 rings (SSSR count). The monoisotopic (exact) mass is 250 g/mol. The van der Waals surface area contributed by atoms with E-state index in [1.807, 2.05) is 0 Å². The average molecular weight is 251 g/mol. The Morgan fingerprint density at radius 3 is 2.82 bits per heavy atom. The van der Waals surface area contributed by atoms with Crippen molar-refractivity contribution in [2.24, 2.45) is 0 Å². The first-order valence-corrected chi connectivity index (χ1v) is 4.91. The van der Waals surface area contributed by atoms with Crippen molar-refractivity contribution in [3.05, 3.63) is 35.2 Å². The summed E-state index contributed by atoms with van der Waals surface area (Å²) in [5.74, 6) is -0.173. The molecule has 7 nitrogen and oxygen atoms in total. The number of hydrogen-bond acceptors (Lipinski definition) is 6. The van der Waals surface area contributed by atoms with Crippen molar-refractivity contribution in [3.8, 4) is 0 Å². The van der Waals surface area contributed by atoms with Crippen LogP contribution in [0.1, 0.15) is 10.4 Å². The summed E-state index contributed by atoms with van der Waals surface area (Å²) in [6, 6.07) is 2.79. The lowest BCUT2D eigenvalue weighted by Crippen LogP contribution is -2.15. The molecule has 0 unspecified atom stereocenters. The Morgan fingerprint density at radius 2 is 2.18 bits per heavy atom. The van der Waals surface area contributed by atoms with Crippen LogP contribution in [0.5, 0.6) is 0 Å². The molecule has 2 aromatic rings. The zero-order valence-corrected chi connectivity index (χ0v) is 9.22. The van der Waals surface area contributed by atoms with E-state index in [2.05, 4.69) is 25.5 Å². The van der Waals surface area contributed by atoms with Crippen LogP contribution in [0.4, 0.5) is 11.8 Å². The van der Waals surface area contributed by atoms with E-state index in [1.165, 1.54) is 24.5 Å². The predicted molar refractivity (Wildman–Crippen MR) is 61.4 cm³/mol. The number of anilines is 2. The van der Waals surface area contributed by atoms with Crippen LogP contribution in [0.3, 0.4) is 0 Å². The summed E-state index contributed by atoms with van der Waals surface area (Å²) in [5.41, 5.74) is 5.74. The first-order chi connectivity index (χ1) is 8.15. The number of carbonyl (C=O) groups excluding carboxylic acids is 1. The zero-order chi connectivity index (χ0) is 12.3. The average Bonchev–Trinajstić information content (AvgIpc) is 2.29. The summed E-state index contributed by atoms with van der Waals surface area (Å²) in [5, 5.41) is 9.78. The fourth-order valence-corrected chi connectivity index (χ4v) is 1.34. The quantitative estimate of drug-likeness (QED) is 0.762. The lowest BCUT2D eigenvalue weighted by atomic mass is 10.2. The van der Waals surface area contributed by atoms with E-state index in [-0.39, 0.29) is 22.5 Å². The highest BCUT2D eigenvalue weighted by atomic mass is 35.5. The van der Waals surface area contributed by atoms with Gasteiger partial charge in [-0.15, -0.1) is 5.10 Å². The van der Waals surface area contributed by atoms with Crippen LogP contribution >= 0.6 is 11.6 Å². The summed E-state index contributed by atoms with van der Waals surface area (Å²) in [7, 11) is 0. The summed E-state index contributed by atoms with van der Waals surface area (Å²) in [4.78, 5) is 19.3. The number of nitrogens with zero attached hydrogens (tertiary/aromatic N) is 4. The fourth-order valence-electron chi connectivity index (χ4n) is 1.13. The molecule has 1 amide bonds. The number of pyridine rings is 1. The third-order valence-corrected chi connectivity index (χ3v) is 1.98. The number of amides is 1. The fraction of sp³-hybridized carbons (Fsp3) is 0. The SMILES string of the molecule is Nc1cc(C(=O)Nc2nccnn2)cc(Cl)n1. The molecule has 2 aromatic heterocycles. The summed E-state index contributed by atoms with van der Waals surface area (Å²) in [6.07, 6.45) is 2.81. The van der Waals surface area contributed by atoms with Crippen molar-refractivity contribution < 1.29 is 4.79 Å². The molecule has 8 heteroatoms. The van der Waals surface area contributed by atoms with E-state index in [0.717, 1.165) is 0 Å². The maximum absolute atomic E-state index is 11.8. The minimum atomic E-state index is -0.436. The van der Waals surface area contributed by atoms with Crippen molar-refractivity contribution in [1.29, 1.82) is 0 Å². The van der Waals surface area contributed by atoms with Crippen molar-refractivity contribution in [2.45, 2.75) is 0 Å². The molecule has 0 aliphatic heterocycles. The Kier molecular flexibility index (Phi) is 3.10. The molecule has 0 atom stereocenters. The van der Waals surface area contributed by atoms with Crippen LogP contribution in [-0.4, -0.2) is 26.1 Å². The van der Waals surface area contributed by atoms with Gasteiger partial charge in [-0.3, -0.25) is 10.1 Å². The van der Waals surface area contributed by atoms with E-state index < -0.39 is 5.91 Å². The van der Waals surface area contributed by atoms with E-state index in [9.17, 15) is 4.79 Å². The van der Waals surface area contributed by atoms with E-state index >= 15 is 0 Å². The highest BCUT2D eigenvalue weighted by Crippen LogP contribution is 2.13. The number of nitrogens with one attached hydrogen (secondary N) is 1. The maximum atomic E-state index is 11.8. The Balaban J connectivity index is 2.20. The minimum absolute atomic E-state index is 0.101. The number of nitrogen functional groups attached to an aromatic ring is 1. The molecule has 0 saturated heterocycles. The molecule has 0 spiro atoms. The molecule has 0 bridgehead atoms. The Hall–Kier alpha value is -2.28. The number of hydrogen-bond donors (Lipinski definition) is 2. The first kappa shape index (κ1) is 11.2. The maximum Gasteiger partial charge on any atom is 0.258 e. The largest absolute Gasteiger partial charge is 0.384 e. The van der Waals surface area contributed by atoms with Gasteiger partial charge in [-0.1, -0.05) is 11.6 Å². The molecular weight excluding hydrogens is 244 g/mol. The molecule has 86 valence electrons. The van der Waals surface area contributed by atoms with E-state index in [4.69, 9.17) is 17.3 Å². The molecular formula is C9H7ClN6O.